The summed E-state index contributed by atoms with van der Waals surface area (Å²) in [7, 11) is 0. The van der Waals surface area contributed by atoms with Crippen LogP contribution in [0.3, 0.4) is 0 Å². The first-order valence-corrected chi connectivity index (χ1v) is 8.62. The van der Waals surface area contributed by atoms with Crippen molar-refractivity contribution in [2.45, 2.75) is 38.6 Å². The first kappa shape index (κ1) is 16.7. The molecule has 0 saturated carbocycles. The molecule has 1 amide bonds. The Bertz CT molecular complexity index is 563. The number of aryl methyl sites for hydroxylation is 2. The third-order valence-electron chi connectivity index (χ3n) is 3.72. The minimum absolute atomic E-state index is 0.00447. The van der Waals surface area contributed by atoms with E-state index in [4.69, 9.17) is 0 Å². The van der Waals surface area contributed by atoms with Crippen molar-refractivity contribution in [3.63, 3.8) is 0 Å². The van der Waals surface area contributed by atoms with Gasteiger partial charge in [0.25, 0.3) is 0 Å². The maximum absolute atomic E-state index is 12.0. The summed E-state index contributed by atoms with van der Waals surface area (Å²) in [6.45, 7) is 2.02. The Balaban J connectivity index is 1.81. The van der Waals surface area contributed by atoms with E-state index in [0.29, 0.717) is 6.42 Å². The van der Waals surface area contributed by atoms with Crippen molar-refractivity contribution in [3.05, 3.63) is 57.8 Å². The first-order valence-electron chi connectivity index (χ1n) is 7.74. The zero-order valence-electron chi connectivity index (χ0n) is 12.9. The highest BCUT2D eigenvalue weighted by atomic mass is 32.1. The molecule has 2 N–H and O–H groups in total. The number of hydrogen-bond donors (Lipinski definition) is 2. The van der Waals surface area contributed by atoms with Crippen LogP contribution in [0.5, 0.6) is 0 Å². The summed E-state index contributed by atoms with van der Waals surface area (Å²) in [6, 6.07) is 11.8. The molecule has 0 fully saturated rings. The highest BCUT2D eigenvalue weighted by Crippen LogP contribution is 2.15. The Kier molecular flexibility index (Phi) is 6.62. The number of carbonyl (C=O) groups excluding carboxylic acids is 1. The summed E-state index contributed by atoms with van der Waals surface area (Å²) in [5.74, 6) is -0.00447. The molecule has 1 heterocycles. The van der Waals surface area contributed by atoms with E-state index < -0.39 is 0 Å². The molecule has 3 nitrogen and oxygen atoms in total. The smallest absolute Gasteiger partial charge is 0.220 e. The molecule has 0 aliphatic rings. The van der Waals surface area contributed by atoms with Gasteiger partial charge in [-0.3, -0.25) is 4.79 Å². The highest BCUT2D eigenvalue weighted by molar-refractivity contribution is 7.09. The average molecular weight is 317 g/mol. The third-order valence-corrected chi connectivity index (χ3v) is 4.65. The summed E-state index contributed by atoms with van der Waals surface area (Å²) in [5.41, 5.74) is 2.20. The monoisotopic (exact) mass is 317 g/mol. The molecule has 22 heavy (non-hydrogen) atoms. The zero-order valence-corrected chi connectivity index (χ0v) is 13.7. The van der Waals surface area contributed by atoms with E-state index in [1.165, 1.54) is 10.4 Å². The van der Waals surface area contributed by atoms with Crippen molar-refractivity contribution in [1.29, 1.82) is 0 Å². The second-order valence-electron chi connectivity index (χ2n) is 5.33. The number of benzene rings is 1. The number of aliphatic hydroxyl groups excluding tert-OH is 1. The van der Waals surface area contributed by atoms with Gasteiger partial charge in [-0.25, -0.2) is 0 Å². The molecule has 1 aromatic carbocycles. The van der Waals surface area contributed by atoms with E-state index >= 15 is 0 Å². The zero-order chi connectivity index (χ0) is 15.8. The van der Waals surface area contributed by atoms with Crippen LogP contribution in [0.25, 0.3) is 0 Å². The van der Waals surface area contributed by atoms with Crippen LogP contribution in [0.2, 0.25) is 0 Å². The van der Waals surface area contributed by atoms with Gasteiger partial charge in [-0.15, -0.1) is 11.3 Å². The predicted molar refractivity (Wildman–Crippen MR) is 91.0 cm³/mol. The minimum Gasteiger partial charge on any atom is -0.394 e. The lowest BCUT2D eigenvalue weighted by atomic mass is 10.0. The van der Waals surface area contributed by atoms with Crippen LogP contribution in [0.1, 0.15) is 41.8 Å². The summed E-state index contributed by atoms with van der Waals surface area (Å²) < 4.78 is 0. The van der Waals surface area contributed by atoms with Gasteiger partial charge in [-0.1, -0.05) is 37.3 Å². The van der Waals surface area contributed by atoms with Crippen molar-refractivity contribution in [3.8, 4) is 0 Å². The maximum Gasteiger partial charge on any atom is 0.220 e. The van der Waals surface area contributed by atoms with E-state index in [1.54, 1.807) is 11.3 Å². The van der Waals surface area contributed by atoms with Gasteiger partial charge >= 0.3 is 0 Å². The highest BCUT2D eigenvalue weighted by Gasteiger charge is 2.13. The summed E-state index contributed by atoms with van der Waals surface area (Å²) in [6.07, 6.45) is 3.24. The summed E-state index contributed by atoms with van der Waals surface area (Å²) in [5, 5.41) is 14.5. The Morgan fingerprint density at radius 1 is 1.27 bits per heavy atom. The standard InChI is InChI=1S/C18H23NO2S/c1-2-14-8-10-15(11-9-14)17(13-20)19-18(21)7-3-5-16-6-4-12-22-16/h4,6,8-12,17,20H,2-3,5,7,13H2,1H3,(H,19,21). The second kappa shape index (κ2) is 8.71. The van der Waals surface area contributed by atoms with Crippen molar-refractivity contribution in [2.24, 2.45) is 0 Å². The topological polar surface area (TPSA) is 49.3 Å². The van der Waals surface area contributed by atoms with E-state index in [0.717, 1.165) is 24.8 Å². The summed E-state index contributed by atoms with van der Waals surface area (Å²) >= 11 is 1.72. The predicted octanol–water partition coefficient (Wildman–Crippen LogP) is 3.48. The fourth-order valence-corrected chi connectivity index (χ4v) is 3.12. The Morgan fingerprint density at radius 2 is 2.05 bits per heavy atom. The Morgan fingerprint density at radius 3 is 2.64 bits per heavy atom. The van der Waals surface area contributed by atoms with Gasteiger partial charge in [0.05, 0.1) is 12.6 Å². The number of thiophene rings is 1. The maximum atomic E-state index is 12.0. The average Bonchev–Trinajstić information content (AvgIpc) is 3.06. The largest absolute Gasteiger partial charge is 0.394 e. The molecule has 1 aromatic heterocycles. The van der Waals surface area contributed by atoms with E-state index in [2.05, 4.69) is 23.7 Å². The number of rotatable bonds is 8. The quantitative estimate of drug-likeness (QED) is 0.783. The fourth-order valence-electron chi connectivity index (χ4n) is 2.36. The number of aliphatic hydroxyl groups is 1. The lowest BCUT2D eigenvalue weighted by Gasteiger charge is -2.17. The second-order valence-corrected chi connectivity index (χ2v) is 6.36. The third kappa shape index (κ3) is 4.97. The number of nitrogens with one attached hydrogen (secondary N) is 1. The molecule has 1 unspecified atom stereocenters. The molecule has 0 bridgehead atoms. The van der Waals surface area contributed by atoms with Crippen LogP contribution < -0.4 is 5.32 Å². The van der Waals surface area contributed by atoms with Crippen LogP contribution in [0.15, 0.2) is 41.8 Å². The minimum atomic E-state index is -0.319. The van der Waals surface area contributed by atoms with Gasteiger partial charge in [0.2, 0.25) is 5.91 Å². The Hall–Kier alpha value is -1.65. The van der Waals surface area contributed by atoms with Crippen LogP contribution in [-0.2, 0) is 17.6 Å². The van der Waals surface area contributed by atoms with Crippen molar-refractivity contribution in [1.82, 2.24) is 5.32 Å². The van der Waals surface area contributed by atoms with Gasteiger partial charge in [-0.05, 0) is 41.8 Å². The van der Waals surface area contributed by atoms with Gasteiger partial charge in [0.1, 0.15) is 0 Å². The van der Waals surface area contributed by atoms with Gasteiger partial charge < -0.3 is 10.4 Å². The lowest BCUT2D eigenvalue weighted by molar-refractivity contribution is -0.122. The van der Waals surface area contributed by atoms with Crippen LogP contribution >= 0.6 is 11.3 Å². The fraction of sp³-hybridized carbons (Fsp3) is 0.389. The molecular formula is C18H23NO2S. The molecule has 0 spiro atoms. The lowest BCUT2D eigenvalue weighted by Crippen LogP contribution is -2.30. The van der Waals surface area contributed by atoms with Gasteiger partial charge in [0, 0.05) is 11.3 Å². The SMILES string of the molecule is CCc1ccc(C(CO)NC(=O)CCCc2cccs2)cc1. The first-order chi connectivity index (χ1) is 10.7. The molecule has 0 aliphatic heterocycles. The number of carbonyl (C=O) groups is 1. The van der Waals surface area contributed by atoms with Crippen molar-refractivity contribution in [2.75, 3.05) is 6.61 Å². The van der Waals surface area contributed by atoms with Crippen LogP contribution in [0.4, 0.5) is 0 Å². The molecule has 118 valence electrons. The number of hydrogen-bond acceptors (Lipinski definition) is 3. The van der Waals surface area contributed by atoms with E-state index in [-0.39, 0.29) is 18.6 Å². The van der Waals surface area contributed by atoms with E-state index in [1.807, 2.05) is 30.3 Å². The number of amides is 1. The molecule has 0 aliphatic carbocycles. The molecule has 1 atom stereocenters. The van der Waals surface area contributed by atoms with Gasteiger partial charge in [0.15, 0.2) is 0 Å². The molecule has 2 rings (SSSR count). The summed E-state index contributed by atoms with van der Waals surface area (Å²) in [4.78, 5) is 13.3. The molecule has 0 radical (unpaired) electrons. The molecule has 2 aromatic rings. The molecule has 4 heteroatoms. The molecule has 0 saturated heterocycles. The van der Waals surface area contributed by atoms with Gasteiger partial charge in [-0.2, -0.15) is 0 Å². The van der Waals surface area contributed by atoms with Crippen molar-refractivity contribution >= 4 is 17.2 Å². The van der Waals surface area contributed by atoms with Crippen LogP contribution in [-0.4, -0.2) is 17.6 Å². The Labute approximate surface area is 136 Å². The van der Waals surface area contributed by atoms with Crippen LogP contribution in [0, 0.1) is 0 Å². The molecular weight excluding hydrogens is 294 g/mol. The normalized spacial score (nSPS) is 12.1. The van der Waals surface area contributed by atoms with Crippen molar-refractivity contribution < 1.29 is 9.90 Å². The van der Waals surface area contributed by atoms with E-state index in [9.17, 15) is 9.90 Å².